The SMILES string of the molecule is O=C(Oc1ccccc1)N1C=CC(P(=O)(Oc2ccccc2)Oc2ccccc2)c2ccccc21. The summed E-state index contributed by atoms with van der Waals surface area (Å²) in [5.74, 6) is 1.27. The van der Waals surface area contributed by atoms with Crippen LogP contribution < -0.4 is 18.7 Å². The summed E-state index contributed by atoms with van der Waals surface area (Å²) in [6.45, 7) is 0. The smallest absolute Gasteiger partial charge is 0.415 e. The molecule has 0 bridgehead atoms. The molecule has 1 atom stereocenters. The van der Waals surface area contributed by atoms with Crippen LogP contribution >= 0.6 is 7.60 Å². The van der Waals surface area contributed by atoms with Gasteiger partial charge in [-0.1, -0.05) is 72.8 Å². The second-order valence-electron chi connectivity index (χ2n) is 7.74. The quantitative estimate of drug-likeness (QED) is 0.264. The van der Waals surface area contributed by atoms with Gasteiger partial charge in [-0.2, -0.15) is 0 Å². The van der Waals surface area contributed by atoms with Crippen molar-refractivity contribution in [2.45, 2.75) is 5.66 Å². The van der Waals surface area contributed by atoms with Crippen LogP contribution in [0.25, 0.3) is 0 Å². The van der Waals surface area contributed by atoms with Gasteiger partial charge >= 0.3 is 13.7 Å². The highest BCUT2D eigenvalue weighted by Gasteiger charge is 2.43. The largest absolute Gasteiger partial charge is 0.442 e. The van der Waals surface area contributed by atoms with E-state index in [1.54, 1.807) is 97.2 Å². The van der Waals surface area contributed by atoms with Gasteiger partial charge in [0, 0.05) is 6.20 Å². The number of hydrogen-bond acceptors (Lipinski definition) is 5. The molecule has 1 aliphatic rings. The van der Waals surface area contributed by atoms with E-state index in [1.807, 2.05) is 30.3 Å². The molecule has 1 heterocycles. The van der Waals surface area contributed by atoms with E-state index in [9.17, 15) is 9.36 Å². The van der Waals surface area contributed by atoms with Crippen LogP contribution in [0, 0.1) is 0 Å². The predicted molar refractivity (Wildman–Crippen MR) is 135 cm³/mol. The summed E-state index contributed by atoms with van der Waals surface area (Å²) in [5.41, 5.74) is 0.393. The minimum Gasteiger partial charge on any atom is -0.415 e. The normalized spacial score (nSPS) is 14.6. The first kappa shape index (κ1) is 22.5. The van der Waals surface area contributed by atoms with Gasteiger partial charge in [-0.25, -0.2) is 9.36 Å². The van der Waals surface area contributed by atoms with Gasteiger partial charge in [-0.3, -0.25) is 4.90 Å². The van der Waals surface area contributed by atoms with Gasteiger partial charge in [0.2, 0.25) is 0 Å². The monoisotopic (exact) mass is 483 g/mol. The van der Waals surface area contributed by atoms with E-state index >= 15 is 0 Å². The third-order valence-electron chi connectivity index (χ3n) is 5.37. The number of nitrogens with zero attached hydrogens (tertiary/aromatic N) is 1. The molecule has 0 spiro atoms. The minimum atomic E-state index is -3.86. The molecule has 0 saturated heterocycles. The van der Waals surface area contributed by atoms with E-state index in [4.69, 9.17) is 13.8 Å². The molecule has 0 fully saturated rings. The Morgan fingerprint density at radius 3 is 1.71 bits per heavy atom. The fourth-order valence-electron chi connectivity index (χ4n) is 3.77. The maximum absolute atomic E-state index is 14.4. The zero-order valence-electron chi connectivity index (χ0n) is 18.6. The average Bonchev–Trinajstić information content (AvgIpc) is 2.89. The molecule has 0 aromatic heterocycles. The summed E-state index contributed by atoms with van der Waals surface area (Å²) in [7, 11) is -3.86. The van der Waals surface area contributed by atoms with Crippen LogP contribution in [0.2, 0.25) is 0 Å². The third-order valence-corrected chi connectivity index (χ3v) is 7.43. The van der Waals surface area contributed by atoms with Gasteiger partial charge in [0.1, 0.15) is 22.9 Å². The molecule has 1 unspecified atom stereocenters. The molecule has 4 aromatic carbocycles. The van der Waals surface area contributed by atoms with E-state index < -0.39 is 19.3 Å². The number of rotatable bonds is 6. The van der Waals surface area contributed by atoms with E-state index in [-0.39, 0.29) is 0 Å². The molecule has 0 saturated carbocycles. The Kier molecular flexibility index (Phi) is 6.38. The molecule has 5 rings (SSSR count). The van der Waals surface area contributed by atoms with Crippen molar-refractivity contribution >= 4 is 19.4 Å². The summed E-state index contributed by atoms with van der Waals surface area (Å²) in [4.78, 5) is 14.4. The number of carbonyl (C=O) groups is 1. The van der Waals surface area contributed by atoms with Crippen LogP contribution in [-0.4, -0.2) is 6.09 Å². The molecule has 1 aliphatic heterocycles. The number of anilines is 1. The number of ether oxygens (including phenoxy) is 1. The Labute approximate surface area is 203 Å². The average molecular weight is 483 g/mol. The van der Waals surface area contributed by atoms with Crippen LogP contribution in [0.4, 0.5) is 10.5 Å². The lowest BCUT2D eigenvalue weighted by Gasteiger charge is -2.32. The number of fused-ring (bicyclic) bond motifs is 1. The molecule has 4 aromatic rings. The number of amides is 1. The lowest BCUT2D eigenvalue weighted by atomic mass is 10.1. The molecule has 0 aliphatic carbocycles. The van der Waals surface area contributed by atoms with Crippen LogP contribution in [0.15, 0.2) is 128 Å². The molecule has 174 valence electrons. The summed E-state index contributed by atoms with van der Waals surface area (Å²) >= 11 is 0. The number of para-hydroxylation sites is 4. The summed E-state index contributed by atoms with van der Waals surface area (Å²) in [5, 5.41) is 0. The van der Waals surface area contributed by atoms with Gasteiger partial charge in [0.25, 0.3) is 0 Å². The van der Waals surface area contributed by atoms with Crippen molar-refractivity contribution in [2.75, 3.05) is 4.90 Å². The Morgan fingerprint density at radius 2 is 1.14 bits per heavy atom. The van der Waals surface area contributed by atoms with Crippen molar-refractivity contribution in [3.8, 4) is 17.2 Å². The van der Waals surface area contributed by atoms with Gasteiger partial charge in [-0.15, -0.1) is 0 Å². The van der Waals surface area contributed by atoms with Crippen LogP contribution in [0.1, 0.15) is 11.2 Å². The van der Waals surface area contributed by atoms with E-state index in [1.165, 1.54) is 4.90 Å². The summed E-state index contributed by atoms with van der Waals surface area (Å²) in [6.07, 6.45) is 2.62. The second kappa shape index (κ2) is 9.92. The fraction of sp³-hybridized carbons (Fsp3) is 0.0357. The first-order valence-electron chi connectivity index (χ1n) is 11.0. The van der Waals surface area contributed by atoms with Crippen molar-refractivity contribution in [3.05, 3.63) is 133 Å². The number of hydrogen-bond donors (Lipinski definition) is 0. The van der Waals surface area contributed by atoms with Gasteiger partial charge in [0.15, 0.2) is 0 Å². The van der Waals surface area contributed by atoms with Gasteiger partial charge in [0.05, 0.1) is 5.69 Å². The Bertz CT molecular complexity index is 1330. The second-order valence-corrected chi connectivity index (χ2v) is 9.75. The van der Waals surface area contributed by atoms with Crippen LogP contribution in [-0.2, 0) is 4.57 Å². The molecule has 7 heteroatoms. The molecular weight excluding hydrogens is 461 g/mol. The van der Waals surface area contributed by atoms with Crippen molar-refractivity contribution in [3.63, 3.8) is 0 Å². The Balaban J connectivity index is 1.51. The van der Waals surface area contributed by atoms with E-state index in [2.05, 4.69) is 0 Å². The third kappa shape index (κ3) is 4.98. The van der Waals surface area contributed by atoms with Crippen molar-refractivity contribution in [1.82, 2.24) is 0 Å². The summed E-state index contributed by atoms with van der Waals surface area (Å²) < 4.78 is 32.0. The number of benzene rings is 4. The lowest BCUT2D eigenvalue weighted by molar-refractivity contribution is 0.210. The Morgan fingerprint density at radius 1 is 0.657 bits per heavy atom. The van der Waals surface area contributed by atoms with E-state index in [0.717, 1.165) is 0 Å². The molecule has 6 nitrogen and oxygen atoms in total. The molecular formula is C28H22NO5P. The molecule has 0 N–H and O–H groups in total. The lowest BCUT2D eigenvalue weighted by Crippen LogP contribution is -2.32. The van der Waals surface area contributed by atoms with E-state index in [0.29, 0.717) is 28.5 Å². The predicted octanol–water partition coefficient (Wildman–Crippen LogP) is 7.61. The zero-order valence-corrected chi connectivity index (χ0v) is 19.5. The minimum absolute atomic E-state index is 0.420. The summed E-state index contributed by atoms with van der Waals surface area (Å²) in [6, 6.07) is 33.8. The standard InChI is InChI=1S/C28H22NO5P/c30-28(32-22-12-4-1-5-13-22)29-21-20-27(25-18-10-11-19-26(25)29)35(31,33-23-14-6-2-7-15-23)34-24-16-8-3-9-17-24/h1-21,27H. The van der Waals surface area contributed by atoms with Crippen molar-refractivity contribution in [1.29, 1.82) is 0 Å². The first-order chi connectivity index (χ1) is 17.1. The van der Waals surface area contributed by atoms with Gasteiger partial charge < -0.3 is 13.8 Å². The molecule has 0 radical (unpaired) electrons. The molecule has 35 heavy (non-hydrogen) atoms. The number of carbonyl (C=O) groups excluding carboxylic acids is 1. The first-order valence-corrected chi connectivity index (χ1v) is 12.7. The highest BCUT2D eigenvalue weighted by Crippen LogP contribution is 2.63. The van der Waals surface area contributed by atoms with Crippen LogP contribution in [0.5, 0.6) is 17.2 Å². The number of allylic oxidation sites excluding steroid dienone is 1. The zero-order chi connectivity index (χ0) is 24.1. The molecule has 1 amide bonds. The highest BCUT2D eigenvalue weighted by molar-refractivity contribution is 7.55. The maximum Gasteiger partial charge on any atom is 0.442 e. The van der Waals surface area contributed by atoms with Crippen molar-refractivity contribution in [2.24, 2.45) is 0 Å². The topological polar surface area (TPSA) is 65.1 Å². The maximum atomic E-state index is 14.4. The Hall–Kier alpha value is -4.28. The highest BCUT2D eigenvalue weighted by atomic mass is 31.2. The van der Waals surface area contributed by atoms with Gasteiger partial charge in [-0.05, 0) is 54.1 Å². The van der Waals surface area contributed by atoms with Crippen LogP contribution in [0.3, 0.4) is 0 Å². The van der Waals surface area contributed by atoms with Crippen molar-refractivity contribution < 1.29 is 23.1 Å². The fourth-order valence-corrected chi connectivity index (χ4v) is 5.71.